The Morgan fingerprint density at radius 2 is 1.69 bits per heavy atom. The molecular formula is C12H20O. The van der Waals surface area contributed by atoms with E-state index >= 15 is 0 Å². The molecule has 74 valence electrons. The van der Waals surface area contributed by atoms with Gasteiger partial charge in [-0.1, -0.05) is 44.9 Å². The minimum atomic E-state index is 0.826. The fraction of sp³-hybridized carbons (Fsp3) is 0.583. The lowest BCUT2D eigenvalue weighted by atomic mass is 10.1. The van der Waals surface area contributed by atoms with E-state index in [-0.39, 0.29) is 0 Å². The van der Waals surface area contributed by atoms with Gasteiger partial charge in [0, 0.05) is 0 Å². The summed E-state index contributed by atoms with van der Waals surface area (Å²) in [6, 6.07) is 0. The Morgan fingerprint density at radius 3 is 2.08 bits per heavy atom. The number of aldehydes is 1. The van der Waals surface area contributed by atoms with Crippen molar-refractivity contribution in [2.24, 2.45) is 0 Å². The molecule has 0 saturated carbocycles. The van der Waals surface area contributed by atoms with Crippen LogP contribution in [0.4, 0.5) is 0 Å². The van der Waals surface area contributed by atoms with Gasteiger partial charge < -0.3 is 0 Å². The Morgan fingerprint density at radius 1 is 1.08 bits per heavy atom. The second kappa shape index (κ2) is 7.78. The summed E-state index contributed by atoms with van der Waals surface area (Å²) in [6.45, 7) is 6.29. The van der Waals surface area contributed by atoms with Gasteiger partial charge in [0.2, 0.25) is 0 Å². The van der Waals surface area contributed by atoms with Crippen molar-refractivity contribution in [3.05, 3.63) is 23.3 Å². The molecule has 0 radical (unpaired) electrons. The molecule has 0 rings (SSSR count). The van der Waals surface area contributed by atoms with Crippen LogP contribution in [0.5, 0.6) is 0 Å². The Bertz CT molecular complexity index is 199. The Kier molecular flexibility index (Phi) is 7.27. The van der Waals surface area contributed by atoms with E-state index < -0.39 is 0 Å². The second-order valence-corrected chi connectivity index (χ2v) is 3.11. The topological polar surface area (TPSA) is 17.1 Å². The molecule has 0 aliphatic carbocycles. The molecule has 0 amide bonds. The van der Waals surface area contributed by atoms with Crippen LogP contribution in [0.2, 0.25) is 0 Å². The average molecular weight is 180 g/mol. The maximum Gasteiger partial charge on any atom is 0.146 e. The molecule has 0 aromatic carbocycles. The van der Waals surface area contributed by atoms with Crippen LogP contribution in [-0.4, -0.2) is 6.29 Å². The second-order valence-electron chi connectivity index (χ2n) is 3.11. The quantitative estimate of drug-likeness (QED) is 0.346. The molecule has 0 aromatic heterocycles. The van der Waals surface area contributed by atoms with Crippen molar-refractivity contribution in [1.82, 2.24) is 0 Å². The van der Waals surface area contributed by atoms with Gasteiger partial charge in [0.05, 0.1) is 0 Å². The zero-order chi connectivity index (χ0) is 10.1. The molecule has 0 heterocycles. The number of hydrogen-bond acceptors (Lipinski definition) is 1. The number of rotatable bonds is 6. The summed E-state index contributed by atoms with van der Waals surface area (Å²) < 4.78 is 0. The monoisotopic (exact) mass is 180 g/mol. The molecule has 0 unspecified atom stereocenters. The first-order valence-corrected chi connectivity index (χ1v) is 5.13. The van der Waals surface area contributed by atoms with Gasteiger partial charge in [0.15, 0.2) is 0 Å². The third-order valence-electron chi connectivity index (χ3n) is 2.03. The third-order valence-corrected chi connectivity index (χ3v) is 2.03. The molecule has 0 spiro atoms. The van der Waals surface area contributed by atoms with E-state index in [9.17, 15) is 4.79 Å². The fourth-order valence-electron chi connectivity index (χ4n) is 1.09. The molecule has 0 fully saturated rings. The van der Waals surface area contributed by atoms with Gasteiger partial charge in [-0.25, -0.2) is 0 Å². The molecule has 0 aliphatic heterocycles. The SMILES string of the molecule is CCCC=C(C=C(C=O)CC)CC. The average Bonchev–Trinajstić information content (AvgIpc) is 2.19. The summed E-state index contributed by atoms with van der Waals surface area (Å²) in [5.74, 6) is 0. The van der Waals surface area contributed by atoms with Gasteiger partial charge in [-0.15, -0.1) is 0 Å². The van der Waals surface area contributed by atoms with Crippen LogP contribution < -0.4 is 0 Å². The molecular weight excluding hydrogens is 160 g/mol. The lowest BCUT2D eigenvalue weighted by molar-refractivity contribution is -0.105. The van der Waals surface area contributed by atoms with E-state index in [0.717, 1.165) is 31.1 Å². The highest BCUT2D eigenvalue weighted by Gasteiger charge is 1.93. The lowest BCUT2D eigenvalue weighted by Gasteiger charge is -1.99. The number of carbonyl (C=O) groups excluding carboxylic acids is 1. The van der Waals surface area contributed by atoms with Crippen LogP contribution in [-0.2, 0) is 4.79 Å². The summed E-state index contributed by atoms with van der Waals surface area (Å²) >= 11 is 0. The molecule has 13 heavy (non-hydrogen) atoms. The first-order valence-electron chi connectivity index (χ1n) is 5.13. The van der Waals surface area contributed by atoms with E-state index in [2.05, 4.69) is 19.9 Å². The number of unbranched alkanes of at least 4 members (excludes halogenated alkanes) is 1. The van der Waals surface area contributed by atoms with Crippen LogP contribution >= 0.6 is 0 Å². The normalized spacial score (nSPS) is 13.2. The van der Waals surface area contributed by atoms with Crippen molar-refractivity contribution < 1.29 is 4.79 Å². The highest BCUT2D eigenvalue weighted by molar-refractivity contribution is 5.74. The highest BCUT2D eigenvalue weighted by atomic mass is 16.1. The maximum absolute atomic E-state index is 10.6. The summed E-state index contributed by atoms with van der Waals surface area (Å²) in [7, 11) is 0. The third kappa shape index (κ3) is 5.40. The van der Waals surface area contributed by atoms with Crippen molar-refractivity contribution in [2.45, 2.75) is 46.5 Å². The number of carbonyl (C=O) groups is 1. The molecule has 0 bridgehead atoms. The number of hydrogen-bond donors (Lipinski definition) is 0. The maximum atomic E-state index is 10.6. The standard InChI is InChI=1S/C12H20O/c1-4-7-8-11(5-2)9-12(6-3)10-13/h8-10H,4-7H2,1-3H3. The Hall–Kier alpha value is -0.850. The fourth-order valence-corrected chi connectivity index (χ4v) is 1.09. The minimum Gasteiger partial charge on any atom is -0.298 e. The summed E-state index contributed by atoms with van der Waals surface area (Å²) in [5.41, 5.74) is 2.18. The molecule has 0 aliphatic rings. The lowest BCUT2D eigenvalue weighted by Crippen LogP contribution is -1.84. The molecule has 1 nitrogen and oxygen atoms in total. The minimum absolute atomic E-state index is 0.826. The smallest absolute Gasteiger partial charge is 0.146 e. The van der Waals surface area contributed by atoms with Crippen LogP contribution in [0.1, 0.15) is 46.5 Å². The molecule has 0 saturated heterocycles. The first kappa shape index (κ1) is 12.2. The number of allylic oxidation sites excluding steroid dienone is 4. The Labute approximate surface area is 81.5 Å². The van der Waals surface area contributed by atoms with Crippen LogP contribution in [0.25, 0.3) is 0 Å². The molecule has 0 atom stereocenters. The summed E-state index contributed by atoms with van der Waals surface area (Å²) in [5, 5.41) is 0. The zero-order valence-electron chi connectivity index (χ0n) is 8.97. The van der Waals surface area contributed by atoms with Crippen LogP contribution in [0.15, 0.2) is 23.3 Å². The highest BCUT2D eigenvalue weighted by Crippen LogP contribution is 2.09. The van der Waals surface area contributed by atoms with Crippen molar-refractivity contribution >= 4 is 6.29 Å². The van der Waals surface area contributed by atoms with E-state index in [1.165, 1.54) is 12.0 Å². The van der Waals surface area contributed by atoms with Gasteiger partial charge in [0.1, 0.15) is 6.29 Å². The Balaban J connectivity index is 4.39. The zero-order valence-corrected chi connectivity index (χ0v) is 8.97. The van der Waals surface area contributed by atoms with Crippen LogP contribution in [0.3, 0.4) is 0 Å². The van der Waals surface area contributed by atoms with Crippen molar-refractivity contribution in [2.75, 3.05) is 0 Å². The van der Waals surface area contributed by atoms with Crippen molar-refractivity contribution in [1.29, 1.82) is 0 Å². The van der Waals surface area contributed by atoms with Gasteiger partial charge in [-0.3, -0.25) is 4.79 Å². The van der Waals surface area contributed by atoms with E-state index in [0.29, 0.717) is 0 Å². The van der Waals surface area contributed by atoms with E-state index in [1.54, 1.807) is 0 Å². The van der Waals surface area contributed by atoms with Gasteiger partial charge >= 0.3 is 0 Å². The molecule has 0 aromatic rings. The molecule has 1 heteroatoms. The van der Waals surface area contributed by atoms with Gasteiger partial charge in [-0.2, -0.15) is 0 Å². The summed E-state index contributed by atoms with van der Waals surface area (Å²) in [6.07, 6.45) is 9.30. The molecule has 0 N–H and O–H groups in total. The van der Waals surface area contributed by atoms with E-state index in [1.807, 2.05) is 13.0 Å². The first-order chi connectivity index (χ1) is 6.28. The summed E-state index contributed by atoms with van der Waals surface area (Å²) in [4.78, 5) is 10.6. The van der Waals surface area contributed by atoms with E-state index in [4.69, 9.17) is 0 Å². The van der Waals surface area contributed by atoms with Crippen LogP contribution in [0, 0.1) is 0 Å². The largest absolute Gasteiger partial charge is 0.298 e. The predicted octanol–water partition coefficient (Wildman–Crippen LogP) is 3.66. The van der Waals surface area contributed by atoms with Crippen molar-refractivity contribution in [3.8, 4) is 0 Å². The van der Waals surface area contributed by atoms with Crippen molar-refractivity contribution in [3.63, 3.8) is 0 Å². The van der Waals surface area contributed by atoms with Gasteiger partial charge in [0.25, 0.3) is 0 Å². The van der Waals surface area contributed by atoms with Gasteiger partial charge in [-0.05, 0) is 24.8 Å². The predicted molar refractivity (Wildman–Crippen MR) is 57.7 cm³/mol.